The molecular formula is C16H16N2O2. The molecule has 1 atom stereocenters. The first kappa shape index (κ1) is 12.7. The molecular weight excluding hydrogens is 252 g/mol. The van der Waals surface area contributed by atoms with Gasteiger partial charge in [0.1, 0.15) is 11.9 Å². The van der Waals surface area contributed by atoms with Gasteiger partial charge in [0.2, 0.25) is 0 Å². The van der Waals surface area contributed by atoms with Gasteiger partial charge in [-0.3, -0.25) is 4.68 Å². The summed E-state index contributed by atoms with van der Waals surface area (Å²) in [6, 6.07) is 13.5. The average molecular weight is 268 g/mol. The molecule has 3 rings (SSSR count). The minimum Gasteiger partial charge on any atom is -0.496 e. The van der Waals surface area contributed by atoms with E-state index in [2.05, 4.69) is 5.10 Å². The van der Waals surface area contributed by atoms with E-state index in [0.29, 0.717) is 0 Å². The minimum atomic E-state index is -0.710. The SMILES string of the molecule is COc1ccc(C(O)c2ccnn2C)c2ccccc12. The van der Waals surface area contributed by atoms with Crippen molar-refractivity contribution in [2.24, 2.45) is 7.05 Å². The summed E-state index contributed by atoms with van der Waals surface area (Å²) in [5.74, 6) is 0.807. The first-order valence-electron chi connectivity index (χ1n) is 6.44. The van der Waals surface area contributed by atoms with Crippen molar-refractivity contribution in [3.8, 4) is 5.75 Å². The van der Waals surface area contributed by atoms with E-state index in [4.69, 9.17) is 4.74 Å². The van der Waals surface area contributed by atoms with Gasteiger partial charge < -0.3 is 9.84 Å². The molecule has 0 bridgehead atoms. The highest BCUT2D eigenvalue weighted by molar-refractivity contribution is 5.91. The summed E-state index contributed by atoms with van der Waals surface area (Å²) >= 11 is 0. The predicted octanol–water partition coefficient (Wildman–Crippen LogP) is 2.66. The summed E-state index contributed by atoms with van der Waals surface area (Å²) in [4.78, 5) is 0. The molecule has 1 unspecified atom stereocenters. The molecule has 2 aromatic carbocycles. The highest BCUT2D eigenvalue weighted by Gasteiger charge is 2.17. The topological polar surface area (TPSA) is 47.3 Å². The lowest BCUT2D eigenvalue weighted by Crippen LogP contribution is -2.07. The van der Waals surface area contributed by atoms with Gasteiger partial charge in [0.05, 0.1) is 12.8 Å². The third-order valence-electron chi connectivity index (χ3n) is 3.57. The fraction of sp³-hybridized carbons (Fsp3) is 0.188. The normalized spacial score (nSPS) is 12.6. The number of fused-ring (bicyclic) bond motifs is 1. The van der Waals surface area contributed by atoms with Gasteiger partial charge in [-0.25, -0.2) is 0 Å². The number of ether oxygens (including phenoxy) is 1. The highest BCUT2D eigenvalue weighted by atomic mass is 16.5. The zero-order chi connectivity index (χ0) is 14.1. The molecule has 0 amide bonds. The van der Waals surface area contributed by atoms with Crippen LogP contribution in [0.5, 0.6) is 5.75 Å². The Morgan fingerprint density at radius 1 is 1.10 bits per heavy atom. The second-order valence-electron chi connectivity index (χ2n) is 4.68. The fourth-order valence-electron chi connectivity index (χ4n) is 2.52. The molecule has 0 radical (unpaired) electrons. The zero-order valence-electron chi connectivity index (χ0n) is 11.4. The van der Waals surface area contributed by atoms with E-state index in [1.165, 1.54) is 0 Å². The summed E-state index contributed by atoms with van der Waals surface area (Å²) in [6.45, 7) is 0. The molecule has 1 aromatic heterocycles. The molecule has 0 aliphatic carbocycles. The van der Waals surface area contributed by atoms with Crippen molar-refractivity contribution in [1.29, 1.82) is 0 Å². The maximum Gasteiger partial charge on any atom is 0.126 e. The van der Waals surface area contributed by atoms with Crippen LogP contribution in [0.2, 0.25) is 0 Å². The van der Waals surface area contributed by atoms with Crippen molar-refractivity contribution < 1.29 is 9.84 Å². The zero-order valence-corrected chi connectivity index (χ0v) is 11.4. The van der Waals surface area contributed by atoms with Crippen LogP contribution in [0.4, 0.5) is 0 Å². The molecule has 3 aromatic rings. The van der Waals surface area contributed by atoms with Crippen molar-refractivity contribution in [2.45, 2.75) is 6.10 Å². The smallest absolute Gasteiger partial charge is 0.126 e. The lowest BCUT2D eigenvalue weighted by Gasteiger charge is -2.15. The Hall–Kier alpha value is -2.33. The van der Waals surface area contributed by atoms with Gasteiger partial charge in [-0.2, -0.15) is 5.10 Å². The number of aliphatic hydroxyl groups is 1. The van der Waals surface area contributed by atoms with Gasteiger partial charge in [-0.15, -0.1) is 0 Å². The molecule has 1 N–H and O–H groups in total. The van der Waals surface area contributed by atoms with E-state index in [1.54, 1.807) is 18.0 Å². The van der Waals surface area contributed by atoms with Crippen molar-refractivity contribution in [3.05, 3.63) is 59.9 Å². The number of aryl methyl sites for hydroxylation is 1. The number of nitrogens with zero attached hydrogens (tertiary/aromatic N) is 2. The largest absolute Gasteiger partial charge is 0.496 e. The number of methoxy groups -OCH3 is 1. The number of benzene rings is 2. The number of hydrogen-bond donors (Lipinski definition) is 1. The molecule has 102 valence electrons. The first-order chi connectivity index (χ1) is 9.72. The quantitative estimate of drug-likeness (QED) is 0.794. The van der Waals surface area contributed by atoms with Crippen LogP contribution >= 0.6 is 0 Å². The molecule has 1 heterocycles. The Labute approximate surface area is 117 Å². The third-order valence-corrected chi connectivity index (χ3v) is 3.57. The molecule has 4 nitrogen and oxygen atoms in total. The maximum absolute atomic E-state index is 10.6. The minimum absolute atomic E-state index is 0.710. The Bertz CT molecular complexity index is 749. The lowest BCUT2D eigenvalue weighted by atomic mass is 9.98. The van der Waals surface area contributed by atoms with Crippen LogP contribution in [0.25, 0.3) is 10.8 Å². The molecule has 0 fully saturated rings. The van der Waals surface area contributed by atoms with E-state index >= 15 is 0 Å². The van der Waals surface area contributed by atoms with Gasteiger partial charge in [-0.1, -0.05) is 30.3 Å². The molecule has 0 saturated carbocycles. The predicted molar refractivity (Wildman–Crippen MR) is 77.8 cm³/mol. The van der Waals surface area contributed by atoms with Gasteiger partial charge >= 0.3 is 0 Å². The highest BCUT2D eigenvalue weighted by Crippen LogP contribution is 2.33. The number of hydrogen-bond acceptors (Lipinski definition) is 3. The van der Waals surface area contributed by atoms with Gasteiger partial charge in [0.25, 0.3) is 0 Å². The standard InChI is InChI=1S/C16H16N2O2/c1-18-14(9-10-17-18)16(19)13-7-8-15(20-2)12-6-4-3-5-11(12)13/h3-10,16,19H,1-2H3. The average Bonchev–Trinajstić information content (AvgIpc) is 2.91. The van der Waals surface area contributed by atoms with E-state index in [1.807, 2.05) is 49.5 Å². The van der Waals surface area contributed by atoms with Crippen LogP contribution in [-0.4, -0.2) is 22.0 Å². The number of aliphatic hydroxyl groups excluding tert-OH is 1. The Balaban J connectivity index is 2.20. The number of rotatable bonds is 3. The van der Waals surface area contributed by atoms with Crippen LogP contribution < -0.4 is 4.74 Å². The summed E-state index contributed by atoms with van der Waals surface area (Å²) in [5.41, 5.74) is 1.62. The molecule has 0 aliphatic rings. The maximum atomic E-state index is 10.6. The fourth-order valence-corrected chi connectivity index (χ4v) is 2.52. The van der Waals surface area contributed by atoms with Gasteiger partial charge in [-0.05, 0) is 23.1 Å². The molecule has 0 saturated heterocycles. The van der Waals surface area contributed by atoms with Crippen molar-refractivity contribution in [2.75, 3.05) is 7.11 Å². The summed E-state index contributed by atoms with van der Waals surface area (Å²) < 4.78 is 7.06. The van der Waals surface area contributed by atoms with Crippen LogP contribution in [-0.2, 0) is 7.05 Å². The lowest BCUT2D eigenvalue weighted by molar-refractivity contribution is 0.211. The van der Waals surface area contributed by atoms with E-state index in [0.717, 1.165) is 27.8 Å². The van der Waals surface area contributed by atoms with Crippen LogP contribution in [0.3, 0.4) is 0 Å². The van der Waals surface area contributed by atoms with Crippen molar-refractivity contribution in [1.82, 2.24) is 9.78 Å². The van der Waals surface area contributed by atoms with Gasteiger partial charge in [0, 0.05) is 18.6 Å². The molecule has 0 aliphatic heterocycles. The summed E-state index contributed by atoms with van der Waals surface area (Å²) in [6.07, 6.45) is 0.975. The van der Waals surface area contributed by atoms with Gasteiger partial charge in [0.15, 0.2) is 0 Å². The monoisotopic (exact) mass is 268 g/mol. The van der Waals surface area contributed by atoms with Crippen LogP contribution in [0, 0.1) is 0 Å². The Morgan fingerprint density at radius 3 is 2.50 bits per heavy atom. The van der Waals surface area contributed by atoms with Crippen LogP contribution in [0.1, 0.15) is 17.4 Å². The second kappa shape index (κ2) is 4.98. The molecule has 20 heavy (non-hydrogen) atoms. The summed E-state index contributed by atoms with van der Waals surface area (Å²) in [7, 11) is 3.48. The third kappa shape index (κ3) is 1.94. The van der Waals surface area contributed by atoms with Crippen molar-refractivity contribution >= 4 is 10.8 Å². The molecule has 0 spiro atoms. The van der Waals surface area contributed by atoms with Crippen molar-refractivity contribution in [3.63, 3.8) is 0 Å². The number of aromatic nitrogens is 2. The van der Waals surface area contributed by atoms with E-state index < -0.39 is 6.10 Å². The second-order valence-corrected chi connectivity index (χ2v) is 4.68. The van der Waals surface area contributed by atoms with E-state index in [-0.39, 0.29) is 0 Å². The molecule has 4 heteroatoms. The van der Waals surface area contributed by atoms with Crippen LogP contribution in [0.15, 0.2) is 48.7 Å². The first-order valence-corrected chi connectivity index (χ1v) is 6.44. The van der Waals surface area contributed by atoms with E-state index in [9.17, 15) is 5.11 Å². The Kier molecular flexibility index (Phi) is 3.16. The summed E-state index contributed by atoms with van der Waals surface area (Å²) in [5, 5.41) is 16.7. The Morgan fingerprint density at radius 2 is 1.85 bits per heavy atom.